The van der Waals surface area contributed by atoms with Gasteiger partial charge in [-0.15, -0.1) is 0 Å². The average molecular weight is 411 g/mol. The summed E-state index contributed by atoms with van der Waals surface area (Å²) in [5.41, 5.74) is 1.12. The van der Waals surface area contributed by atoms with Crippen LogP contribution in [0, 0.1) is 0 Å². The van der Waals surface area contributed by atoms with Crippen LogP contribution < -0.4 is 4.74 Å². The second-order valence-electron chi connectivity index (χ2n) is 5.90. The van der Waals surface area contributed by atoms with Gasteiger partial charge in [0.2, 0.25) is 0 Å². The molecule has 0 N–H and O–H groups in total. The van der Waals surface area contributed by atoms with Crippen LogP contribution in [0.1, 0.15) is 17.3 Å². The number of rotatable bonds is 5. The van der Waals surface area contributed by atoms with E-state index < -0.39 is 21.8 Å². The molecule has 28 heavy (non-hydrogen) atoms. The standard InChI is InChI=1S/C18H16F3N3O3S/c1-26-14-5-3-4-6-15(14)28(2,25)24-13-9-7-12(8-10-13)11-16-22-17(27-23-16)18(19,20)21/h3-10H,11H2,1-2H3. The third kappa shape index (κ3) is 4.50. The van der Waals surface area contributed by atoms with Crippen molar-refractivity contribution in [3.8, 4) is 5.75 Å². The van der Waals surface area contributed by atoms with Crippen LogP contribution >= 0.6 is 0 Å². The van der Waals surface area contributed by atoms with E-state index in [4.69, 9.17) is 4.74 Å². The van der Waals surface area contributed by atoms with Crippen molar-refractivity contribution in [1.82, 2.24) is 10.1 Å². The van der Waals surface area contributed by atoms with Crippen molar-refractivity contribution in [3.05, 3.63) is 65.8 Å². The predicted octanol–water partition coefficient (Wildman–Crippen LogP) is 4.48. The lowest BCUT2D eigenvalue weighted by Gasteiger charge is -2.10. The van der Waals surface area contributed by atoms with Gasteiger partial charge in [-0.2, -0.15) is 22.5 Å². The summed E-state index contributed by atoms with van der Waals surface area (Å²) in [6.07, 6.45) is -3.10. The van der Waals surface area contributed by atoms with E-state index in [0.717, 1.165) is 0 Å². The lowest BCUT2D eigenvalue weighted by molar-refractivity contribution is -0.159. The van der Waals surface area contributed by atoms with E-state index in [9.17, 15) is 17.4 Å². The van der Waals surface area contributed by atoms with E-state index in [1.807, 2.05) is 0 Å². The molecule has 1 unspecified atom stereocenters. The summed E-state index contributed by atoms with van der Waals surface area (Å²) in [7, 11) is -1.26. The van der Waals surface area contributed by atoms with Crippen molar-refractivity contribution >= 4 is 15.4 Å². The van der Waals surface area contributed by atoms with Gasteiger partial charge >= 0.3 is 12.1 Å². The third-order valence-corrected chi connectivity index (χ3v) is 5.48. The third-order valence-electron chi connectivity index (χ3n) is 3.77. The van der Waals surface area contributed by atoms with Gasteiger partial charge in [-0.05, 0) is 29.8 Å². The van der Waals surface area contributed by atoms with E-state index in [1.54, 1.807) is 48.5 Å². The summed E-state index contributed by atoms with van der Waals surface area (Å²) in [5, 5.41) is 3.33. The molecule has 148 valence electrons. The van der Waals surface area contributed by atoms with E-state index in [1.165, 1.54) is 13.4 Å². The number of hydrogen-bond donors (Lipinski definition) is 0. The van der Waals surface area contributed by atoms with Crippen molar-refractivity contribution in [2.24, 2.45) is 4.36 Å². The van der Waals surface area contributed by atoms with Crippen molar-refractivity contribution in [3.63, 3.8) is 0 Å². The van der Waals surface area contributed by atoms with Crippen LogP contribution in [0.4, 0.5) is 18.9 Å². The second-order valence-corrected chi connectivity index (χ2v) is 8.13. The highest BCUT2D eigenvalue weighted by Crippen LogP contribution is 2.29. The summed E-state index contributed by atoms with van der Waals surface area (Å²) in [6, 6.07) is 13.5. The predicted molar refractivity (Wildman–Crippen MR) is 96.0 cm³/mol. The number of methoxy groups -OCH3 is 1. The van der Waals surface area contributed by atoms with Gasteiger partial charge < -0.3 is 9.26 Å². The molecule has 1 heterocycles. The van der Waals surface area contributed by atoms with E-state index in [0.29, 0.717) is 21.9 Å². The van der Waals surface area contributed by atoms with E-state index >= 15 is 0 Å². The molecule has 2 aromatic carbocycles. The number of para-hydroxylation sites is 1. The number of nitrogens with zero attached hydrogens (tertiary/aromatic N) is 3. The zero-order valence-electron chi connectivity index (χ0n) is 14.9. The molecule has 0 fully saturated rings. The maximum atomic E-state index is 13.0. The lowest BCUT2D eigenvalue weighted by atomic mass is 10.1. The minimum atomic E-state index is -4.67. The van der Waals surface area contributed by atoms with Crippen LogP contribution in [-0.4, -0.2) is 27.7 Å². The Morgan fingerprint density at radius 2 is 1.82 bits per heavy atom. The van der Waals surface area contributed by atoms with Gasteiger partial charge in [-0.25, -0.2) is 4.21 Å². The molecule has 0 amide bonds. The van der Waals surface area contributed by atoms with E-state index in [2.05, 4.69) is 19.0 Å². The second kappa shape index (κ2) is 7.63. The van der Waals surface area contributed by atoms with Crippen LogP contribution in [0.15, 0.2) is 62.3 Å². The van der Waals surface area contributed by atoms with Crippen molar-refractivity contribution in [2.75, 3.05) is 13.4 Å². The SMILES string of the molecule is COc1ccccc1S(C)(=O)=Nc1ccc(Cc2noc(C(F)(F)F)n2)cc1. The topological polar surface area (TPSA) is 77.6 Å². The molecule has 1 aromatic heterocycles. The van der Waals surface area contributed by atoms with Crippen molar-refractivity contribution < 1.29 is 26.6 Å². The molecule has 0 bridgehead atoms. The quantitative estimate of drug-likeness (QED) is 0.619. The Labute approximate surface area is 159 Å². The fourth-order valence-corrected chi connectivity index (χ4v) is 3.96. The fourth-order valence-electron chi connectivity index (χ4n) is 2.48. The first-order valence-corrected chi connectivity index (χ1v) is 9.95. The van der Waals surface area contributed by atoms with Crippen LogP contribution in [0.25, 0.3) is 0 Å². The van der Waals surface area contributed by atoms with Gasteiger partial charge in [0.25, 0.3) is 0 Å². The average Bonchev–Trinajstić information content (AvgIpc) is 3.12. The normalized spacial score (nSPS) is 13.8. The maximum Gasteiger partial charge on any atom is 0.471 e. The van der Waals surface area contributed by atoms with Crippen LogP contribution in [-0.2, 0) is 22.3 Å². The Balaban J connectivity index is 1.81. The summed E-state index contributed by atoms with van der Waals surface area (Å²) in [4.78, 5) is 3.81. The van der Waals surface area contributed by atoms with Crippen molar-refractivity contribution in [1.29, 1.82) is 0 Å². The van der Waals surface area contributed by atoms with Crippen molar-refractivity contribution in [2.45, 2.75) is 17.5 Å². The Hall–Kier alpha value is -2.88. The molecule has 0 aliphatic heterocycles. The highest BCUT2D eigenvalue weighted by molar-refractivity contribution is 7.93. The zero-order valence-corrected chi connectivity index (χ0v) is 15.8. The van der Waals surface area contributed by atoms with E-state index in [-0.39, 0.29) is 12.2 Å². The molecule has 0 saturated carbocycles. The number of alkyl halides is 3. The summed E-state index contributed by atoms with van der Waals surface area (Å²) < 4.78 is 64.3. The Kier molecular flexibility index (Phi) is 5.41. The van der Waals surface area contributed by atoms with Gasteiger partial charge in [0.05, 0.1) is 27.4 Å². The van der Waals surface area contributed by atoms with Crippen LogP contribution in [0.3, 0.4) is 0 Å². The molecule has 0 aliphatic carbocycles. The number of ether oxygens (including phenoxy) is 1. The lowest BCUT2D eigenvalue weighted by Crippen LogP contribution is -2.05. The summed E-state index contributed by atoms with van der Waals surface area (Å²) in [5.74, 6) is -0.977. The molecule has 1 atom stereocenters. The summed E-state index contributed by atoms with van der Waals surface area (Å²) >= 11 is 0. The first-order chi connectivity index (χ1) is 13.2. The molecule has 0 aliphatic rings. The van der Waals surface area contributed by atoms with Gasteiger partial charge in [0.1, 0.15) is 5.75 Å². The Morgan fingerprint density at radius 1 is 1.14 bits per heavy atom. The van der Waals surface area contributed by atoms with Gasteiger partial charge in [0, 0.05) is 12.7 Å². The highest BCUT2D eigenvalue weighted by atomic mass is 32.2. The number of halogens is 3. The number of benzene rings is 2. The zero-order chi connectivity index (χ0) is 20.4. The monoisotopic (exact) mass is 411 g/mol. The molecule has 6 nitrogen and oxygen atoms in total. The Bertz CT molecular complexity index is 1090. The van der Waals surface area contributed by atoms with Crippen LogP contribution in [0.5, 0.6) is 5.75 Å². The molecule has 0 saturated heterocycles. The first kappa shape index (κ1) is 19.9. The minimum absolute atomic E-state index is 0.0634. The smallest absolute Gasteiger partial charge is 0.471 e. The molecule has 0 spiro atoms. The number of aromatic nitrogens is 2. The molecule has 3 rings (SSSR count). The van der Waals surface area contributed by atoms with Gasteiger partial charge in [-0.1, -0.05) is 29.4 Å². The largest absolute Gasteiger partial charge is 0.495 e. The summed E-state index contributed by atoms with van der Waals surface area (Å²) in [6.45, 7) is 0. The Morgan fingerprint density at radius 3 is 2.43 bits per heavy atom. The molecular weight excluding hydrogens is 395 g/mol. The molecule has 10 heteroatoms. The minimum Gasteiger partial charge on any atom is -0.495 e. The molecule has 3 aromatic rings. The maximum absolute atomic E-state index is 13.0. The van der Waals surface area contributed by atoms with Gasteiger partial charge in [0.15, 0.2) is 5.82 Å². The fraction of sp³-hybridized carbons (Fsp3) is 0.222. The highest BCUT2D eigenvalue weighted by Gasteiger charge is 2.38. The van der Waals surface area contributed by atoms with Gasteiger partial charge in [-0.3, -0.25) is 0 Å². The number of hydrogen-bond acceptors (Lipinski definition) is 6. The molecular formula is C18H16F3N3O3S. The first-order valence-electron chi connectivity index (χ1n) is 8.03. The molecule has 0 radical (unpaired) electrons. The van der Waals surface area contributed by atoms with Crippen LogP contribution in [0.2, 0.25) is 0 Å².